The lowest BCUT2D eigenvalue weighted by Crippen LogP contribution is -2.48. The molecule has 1 amide bonds. The number of pyridine rings is 1. The van der Waals surface area contributed by atoms with Crippen LogP contribution in [0.5, 0.6) is 5.75 Å². The summed E-state index contributed by atoms with van der Waals surface area (Å²) in [5.41, 5.74) is 1.15. The monoisotopic (exact) mass is 354 g/mol. The summed E-state index contributed by atoms with van der Waals surface area (Å²) in [5, 5.41) is 12.8. The Morgan fingerprint density at radius 1 is 1.19 bits per heavy atom. The molecule has 1 atom stereocenters. The molecular weight excluding hydrogens is 328 g/mol. The molecule has 1 fully saturated rings. The number of hydrogen-bond donors (Lipinski definition) is 2. The van der Waals surface area contributed by atoms with E-state index in [9.17, 15) is 9.90 Å². The van der Waals surface area contributed by atoms with Crippen molar-refractivity contribution < 1.29 is 14.6 Å². The zero-order valence-electron chi connectivity index (χ0n) is 14.9. The molecule has 5 heteroatoms. The minimum Gasteiger partial charge on any atom is -0.494 e. The predicted octanol–water partition coefficient (Wildman–Crippen LogP) is 2.74. The van der Waals surface area contributed by atoms with E-state index in [2.05, 4.69) is 10.3 Å². The van der Waals surface area contributed by atoms with Crippen LogP contribution in [0.1, 0.15) is 31.2 Å². The van der Waals surface area contributed by atoms with Gasteiger partial charge in [-0.05, 0) is 61.4 Å². The molecular formula is C21H26N2O3. The Labute approximate surface area is 154 Å². The quantitative estimate of drug-likeness (QED) is 0.679. The molecule has 1 aliphatic carbocycles. The minimum absolute atomic E-state index is 0.0436. The lowest BCUT2D eigenvalue weighted by atomic mass is 9.75. The van der Waals surface area contributed by atoms with E-state index in [1.165, 1.54) is 0 Å². The molecule has 5 nitrogen and oxygen atoms in total. The van der Waals surface area contributed by atoms with Crippen molar-refractivity contribution in [3.05, 3.63) is 60.4 Å². The highest BCUT2D eigenvalue weighted by Crippen LogP contribution is 2.31. The summed E-state index contributed by atoms with van der Waals surface area (Å²) in [6.07, 6.45) is 6.71. The van der Waals surface area contributed by atoms with Crippen molar-refractivity contribution in [3.63, 3.8) is 0 Å². The van der Waals surface area contributed by atoms with Crippen molar-refractivity contribution >= 4 is 5.91 Å². The summed E-state index contributed by atoms with van der Waals surface area (Å²) in [6.45, 7) is 0.522. The first-order valence-corrected chi connectivity index (χ1v) is 9.25. The van der Waals surface area contributed by atoms with Crippen LogP contribution in [0.15, 0.2) is 54.9 Å². The molecule has 1 saturated carbocycles. The zero-order chi connectivity index (χ0) is 18.2. The number of benzene rings is 1. The van der Waals surface area contributed by atoms with Gasteiger partial charge in [0.15, 0.2) is 0 Å². The summed E-state index contributed by atoms with van der Waals surface area (Å²) in [5.74, 6) is 1.21. The standard InChI is InChI=1S/C21H26N2O3/c24-18-14-17(15-18)20(13-16-8-10-22-11-9-16)23-21(25)7-4-12-26-19-5-2-1-3-6-19/h1-3,5-6,8-11,17-18,20,24H,4,7,12-15H2,(H,23,25). The third kappa shape index (κ3) is 5.56. The summed E-state index contributed by atoms with van der Waals surface area (Å²) in [7, 11) is 0. The fourth-order valence-corrected chi connectivity index (χ4v) is 3.29. The molecule has 1 heterocycles. The summed E-state index contributed by atoms with van der Waals surface area (Å²) in [4.78, 5) is 16.4. The molecule has 26 heavy (non-hydrogen) atoms. The molecule has 1 aromatic carbocycles. The number of amides is 1. The number of carbonyl (C=O) groups excluding carboxylic acids is 1. The second-order valence-corrected chi connectivity index (χ2v) is 6.88. The van der Waals surface area contributed by atoms with Crippen LogP contribution in [0.3, 0.4) is 0 Å². The molecule has 0 saturated heterocycles. The van der Waals surface area contributed by atoms with Crippen LogP contribution in [-0.4, -0.2) is 34.8 Å². The van der Waals surface area contributed by atoms with E-state index >= 15 is 0 Å². The first-order valence-electron chi connectivity index (χ1n) is 9.25. The Bertz CT molecular complexity index is 672. The van der Waals surface area contributed by atoms with Gasteiger partial charge in [-0.3, -0.25) is 9.78 Å². The Kier molecular flexibility index (Phi) is 6.61. The van der Waals surface area contributed by atoms with Crippen LogP contribution in [0.2, 0.25) is 0 Å². The van der Waals surface area contributed by atoms with E-state index in [1.54, 1.807) is 12.4 Å². The maximum absolute atomic E-state index is 12.3. The van der Waals surface area contributed by atoms with Gasteiger partial charge in [-0.1, -0.05) is 18.2 Å². The molecule has 0 spiro atoms. The van der Waals surface area contributed by atoms with Gasteiger partial charge in [0.05, 0.1) is 12.7 Å². The number of carbonyl (C=O) groups is 1. The van der Waals surface area contributed by atoms with E-state index < -0.39 is 0 Å². The van der Waals surface area contributed by atoms with E-state index in [1.807, 2.05) is 42.5 Å². The number of ether oxygens (including phenoxy) is 1. The van der Waals surface area contributed by atoms with E-state index in [0.717, 1.165) is 30.6 Å². The Balaban J connectivity index is 1.44. The highest BCUT2D eigenvalue weighted by Gasteiger charge is 2.34. The van der Waals surface area contributed by atoms with Crippen molar-refractivity contribution in [1.82, 2.24) is 10.3 Å². The fraction of sp³-hybridized carbons (Fsp3) is 0.429. The van der Waals surface area contributed by atoms with E-state index in [-0.39, 0.29) is 18.1 Å². The fourth-order valence-electron chi connectivity index (χ4n) is 3.29. The molecule has 2 aromatic rings. The van der Waals surface area contributed by atoms with Gasteiger partial charge >= 0.3 is 0 Å². The first kappa shape index (κ1) is 18.4. The number of aromatic nitrogens is 1. The molecule has 3 rings (SSSR count). The van der Waals surface area contributed by atoms with Crippen molar-refractivity contribution in [1.29, 1.82) is 0 Å². The lowest BCUT2D eigenvalue weighted by molar-refractivity contribution is -0.123. The molecule has 0 aliphatic heterocycles. The average Bonchev–Trinajstić information content (AvgIpc) is 2.64. The van der Waals surface area contributed by atoms with Crippen molar-refractivity contribution in [2.45, 2.75) is 44.2 Å². The van der Waals surface area contributed by atoms with Gasteiger partial charge in [0.25, 0.3) is 0 Å². The molecule has 2 N–H and O–H groups in total. The number of hydrogen-bond acceptors (Lipinski definition) is 4. The van der Waals surface area contributed by atoms with Crippen LogP contribution in [-0.2, 0) is 11.2 Å². The zero-order valence-corrected chi connectivity index (χ0v) is 14.9. The van der Waals surface area contributed by atoms with Gasteiger partial charge in [0, 0.05) is 24.9 Å². The SMILES string of the molecule is O=C(CCCOc1ccccc1)NC(Cc1ccncc1)C1CC(O)C1. The van der Waals surface area contributed by atoms with Crippen molar-refractivity contribution in [2.75, 3.05) is 6.61 Å². The smallest absolute Gasteiger partial charge is 0.220 e. The van der Waals surface area contributed by atoms with Gasteiger partial charge in [0.2, 0.25) is 5.91 Å². The third-order valence-corrected chi connectivity index (χ3v) is 4.83. The minimum atomic E-state index is -0.226. The highest BCUT2D eigenvalue weighted by molar-refractivity contribution is 5.76. The van der Waals surface area contributed by atoms with Gasteiger partial charge < -0.3 is 15.2 Å². The molecule has 0 radical (unpaired) electrons. The van der Waals surface area contributed by atoms with Crippen molar-refractivity contribution in [2.24, 2.45) is 5.92 Å². The van der Waals surface area contributed by atoms with Crippen molar-refractivity contribution in [3.8, 4) is 5.75 Å². The van der Waals surface area contributed by atoms with Gasteiger partial charge in [-0.15, -0.1) is 0 Å². The summed E-state index contributed by atoms with van der Waals surface area (Å²) >= 11 is 0. The van der Waals surface area contributed by atoms with E-state index in [0.29, 0.717) is 25.4 Å². The number of rotatable bonds is 9. The maximum atomic E-state index is 12.3. The number of nitrogens with zero attached hydrogens (tertiary/aromatic N) is 1. The van der Waals surface area contributed by atoms with Gasteiger partial charge in [-0.25, -0.2) is 0 Å². The molecule has 1 unspecified atom stereocenters. The molecule has 138 valence electrons. The van der Waals surface area contributed by atoms with Crippen LogP contribution in [0.4, 0.5) is 0 Å². The van der Waals surface area contributed by atoms with E-state index in [4.69, 9.17) is 4.74 Å². The number of aliphatic hydroxyl groups excluding tert-OH is 1. The number of para-hydroxylation sites is 1. The van der Waals surface area contributed by atoms with Crippen LogP contribution < -0.4 is 10.1 Å². The largest absolute Gasteiger partial charge is 0.494 e. The Morgan fingerprint density at radius 3 is 2.62 bits per heavy atom. The molecule has 0 bridgehead atoms. The number of nitrogens with one attached hydrogen (secondary N) is 1. The third-order valence-electron chi connectivity index (χ3n) is 4.83. The molecule has 1 aromatic heterocycles. The van der Waals surface area contributed by atoms with Gasteiger partial charge in [0.1, 0.15) is 5.75 Å². The summed E-state index contributed by atoms with van der Waals surface area (Å²) < 4.78 is 5.63. The summed E-state index contributed by atoms with van der Waals surface area (Å²) in [6, 6.07) is 13.6. The Hall–Kier alpha value is -2.40. The second kappa shape index (κ2) is 9.34. The van der Waals surface area contributed by atoms with Crippen LogP contribution >= 0.6 is 0 Å². The lowest BCUT2D eigenvalue weighted by Gasteiger charge is -2.38. The topological polar surface area (TPSA) is 71.5 Å². The average molecular weight is 354 g/mol. The molecule has 1 aliphatic rings. The number of aliphatic hydroxyl groups is 1. The second-order valence-electron chi connectivity index (χ2n) is 6.88. The predicted molar refractivity (Wildman–Crippen MR) is 99.8 cm³/mol. The first-order chi connectivity index (χ1) is 12.7. The maximum Gasteiger partial charge on any atom is 0.220 e. The highest BCUT2D eigenvalue weighted by atomic mass is 16.5. The van der Waals surface area contributed by atoms with Crippen LogP contribution in [0, 0.1) is 5.92 Å². The van der Waals surface area contributed by atoms with Gasteiger partial charge in [-0.2, -0.15) is 0 Å². The Morgan fingerprint density at radius 2 is 1.92 bits per heavy atom. The normalized spacial score (nSPS) is 20.0. The van der Waals surface area contributed by atoms with Crippen LogP contribution in [0.25, 0.3) is 0 Å².